The molecule has 4 rings (SSSR count). The highest BCUT2D eigenvalue weighted by molar-refractivity contribution is 6.01. The molecule has 0 aliphatic heterocycles. The highest BCUT2D eigenvalue weighted by atomic mass is 16.5. The van der Waals surface area contributed by atoms with Crippen molar-refractivity contribution in [3.05, 3.63) is 42.2 Å². The van der Waals surface area contributed by atoms with Gasteiger partial charge in [-0.05, 0) is 53.9 Å². The zero-order valence-corrected chi connectivity index (χ0v) is 14.7. The minimum absolute atomic E-state index is 0.0234. The molecule has 2 aromatic carbocycles. The van der Waals surface area contributed by atoms with Crippen molar-refractivity contribution < 1.29 is 13.9 Å². The zero-order valence-electron chi connectivity index (χ0n) is 14.7. The van der Waals surface area contributed by atoms with Gasteiger partial charge in [0.1, 0.15) is 11.3 Å². The molecule has 130 valence electrons. The molecule has 1 aliphatic carbocycles. The van der Waals surface area contributed by atoms with E-state index in [9.17, 15) is 4.79 Å². The Balaban J connectivity index is 1.67. The molecule has 0 atom stereocenters. The summed E-state index contributed by atoms with van der Waals surface area (Å²) >= 11 is 0. The van der Waals surface area contributed by atoms with E-state index in [4.69, 9.17) is 9.15 Å². The number of carbonyl (C=O) groups excluding carboxylic acids is 1. The van der Waals surface area contributed by atoms with Crippen molar-refractivity contribution in [2.45, 2.75) is 38.1 Å². The molecular weight excluding hydrogens is 314 g/mol. The summed E-state index contributed by atoms with van der Waals surface area (Å²) in [6.45, 7) is 0. The first-order valence-corrected chi connectivity index (χ1v) is 8.94. The molecular formula is C21H23NO3. The van der Waals surface area contributed by atoms with Crippen molar-refractivity contribution in [3.63, 3.8) is 0 Å². The summed E-state index contributed by atoms with van der Waals surface area (Å²) in [5, 5.41) is 3.10. The Labute approximate surface area is 147 Å². The van der Waals surface area contributed by atoms with Gasteiger partial charge in [0, 0.05) is 18.5 Å². The van der Waals surface area contributed by atoms with Gasteiger partial charge in [-0.1, -0.05) is 25.3 Å². The van der Waals surface area contributed by atoms with Crippen LogP contribution < -0.4 is 4.74 Å². The molecule has 1 aliphatic rings. The van der Waals surface area contributed by atoms with Crippen LogP contribution in [0.5, 0.6) is 5.75 Å². The summed E-state index contributed by atoms with van der Waals surface area (Å²) in [5.41, 5.74) is 0.737. The van der Waals surface area contributed by atoms with E-state index in [1.807, 2.05) is 42.3 Å². The van der Waals surface area contributed by atoms with Gasteiger partial charge in [-0.3, -0.25) is 4.79 Å². The second-order valence-electron chi connectivity index (χ2n) is 6.92. The van der Waals surface area contributed by atoms with Crippen LogP contribution in [0.3, 0.4) is 0 Å². The maximum absolute atomic E-state index is 12.8. The monoisotopic (exact) mass is 337 g/mol. The molecule has 0 N–H and O–H groups in total. The third-order valence-corrected chi connectivity index (χ3v) is 5.34. The lowest BCUT2D eigenvalue weighted by atomic mass is 9.94. The zero-order chi connectivity index (χ0) is 17.4. The molecule has 4 heteroatoms. The van der Waals surface area contributed by atoms with Crippen molar-refractivity contribution in [1.82, 2.24) is 4.90 Å². The first-order chi connectivity index (χ1) is 12.2. The molecule has 4 nitrogen and oxygen atoms in total. The van der Waals surface area contributed by atoms with Gasteiger partial charge < -0.3 is 14.1 Å². The fraction of sp³-hybridized carbons (Fsp3) is 0.381. The second-order valence-corrected chi connectivity index (χ2v) is 6.92. The second kappa shape index (κ2) is 6.43. The van der Waals surface area contributed by atoms with Gasteiger partial charge in [-0.25, -0.2) is 0 Å². The van der Waals surface area contributed by atoms with Crippen LogP contribution in [0.25, 0.3) is 21.7 Å². The van der Waals surface area contributed by atoms with E-state index in [1.165, 1.54) is 19.3 Å². The number of nitrogens with zero attached hydrogens (tertiary/aromatic N) is 1. The summed E-state index contributed by atoms with van der Waals surface area (Å²) in [6, 6.07) is 12.2. The molecule has 0 bridgehead atoms. The topological polar surface area (TPSA) is 42.7 Å². The summed E-state index contributed by atoms with van der Waals surface area (Å²) in [7, 11) is 3.55. The van der Waals surface area contributed by atoms with E-state index in [0.29, 0.717) is 11.8 Å². The van der Waals surface area contributed by atoms with Crippen molar-refractivity contribution in [2.75, 3.05) is 14.2 Å². The van der Waals surface area contributed by atoms with Crippen molar-refractivity contribution >= 4 is 27.6 Å². The van der Waals surface area contributed by atoms with E-state index in [2.05, 4.69) is 6.07 Å². The lowest BCUT2D eigenvalue weighted by Crippen LogP contribution is -2.38. The predicted molar refractivity (Wildman–Crippen MR) is 99.2 cm³/mol. The average Bonchev–Trinajstić information content (AvgIpc) is 3.07. The third kappa shape index (κ3) is 2.97. The molecule has 3 aromatic rings. The average molecular weight is 337 g/mol. The smallest absolute Gasteiger partial charge is 0.289 e. The van der Waals surface area contributed by atoms with Gasteiger partial charge in [0.2, 0.25) is 0 Å². The molecule has 0 saturated heterocycles. The SMILES string of the molecule is COc1ccc2cc3cc(C(=O)N(C)C4CCCCC4)oc3cc2c1. The number of amides is 1. The molecule has 0 unspecified atom stereocenters. The summed E-state index contributed by atoms with van der Waals surface area (Å²) in [5.74, 6) is 1.21. The number of rotatable bonds is 3. The van der Waals surface area contributed by atoms with Crippen LogP contribution in [0.4, 0.5) is 0 Å². The van der Waals surface area contributed by atoms with E-state index >= 15 is 0 Å². The first kappa shape index (κ1) is 16.0. The van der Waals surface area contributed by atoms with Crippen LogP contribution >= 0.6 is 0 Å². The maximum Gasteiger partial charge on any atom is 0.289 e. The van der Waals surface area contributed by atoms with Crippen LogP contribution in [0.1, 0.15) is 42.7 Å². The summed E-state index contributed by atoms with van der Waals surface area (Å²) in [6.07, 6.45) is 5.86. The van der Waals surface area contributed by atoms with Crippen molar-refractivity contribution in [2.24, 2.45) is 0 Å². The standard InChI is InChI=1S/C21H23NO3/c1-22(17-6-4-3-5-7-17)21(23)20-13-16-10-14-8-9-18(24-2)11-15(14)12-19(16)25-20/h8-13,17H,3-7H2,1-2H3. The number of hydrogen-bond donors (Lipinski definition) is 0. The highest BCUT2D eigenvalue weighted by Gasteiger charge is 2.25. The summed E-state index contributed by atoms with van der Waals surface area (Å²) < 4.78 is 11.2. The number of furan rings is 1. The van der Waals surface area contributed by atoms with E-state index in [1.54, 1.807) is 7.11 Å². The molecule has 25 heavy (non-hydrogen) atoms. The number of ether oxygens (including phenoxy) is 1. The van der Waals surface area contributed by atoms with Gasteiger partial charge in [0.05, 0.1) is 7.11 Å². The Morgan fingerprint density at radius 2 is 1.84 bits per heavy atom. The fourth-order valence-corrected chi connectivity index (χ4v) is 3.80. The molecule has 1 aromatic heterocycles. The van der Waals surface area contributed by atoms with E-state index in [-0.39, 0.29) is 5.91 Å². The first-order valence-electron chi connectivity index (χ1n) is 8.94. The molecule has 1 amide bonds. The van der Waals surface area contributed by atoms with Gasteiger partial charge >= 0.3 is 0 Å². The van der Waals surface area contributed by atoms with Gasteiger partial charge in [-0.2, -0.15) is 0 Å². The predicted octanol–water partition coefficient (Wildman–Crippen LogP) is 5.00. The van der Waals surface area contributed by atoms with E-state index in [0.717, 1.165) is 40.3 Å². The van der Waals surface area contributed by atoms with Gasteiger partial charge in [0.25, 0.3) is 5.91 Å². The van der Waals surface area contributed by atoms with Crippen molar-refractivity contribution in [3.8, 4) is 5.75 Å². The number of methoxy groups -OCH3 is 1. The van der Waals surface area contributed by atoms with Crippen molar-refractivity contribution in [1.29, 1.82) is 0 Å². The normalized spacial score (nSPS) is 15.6. The quantitative estimate of drug-likeness (QED) is 0.675. The third-order valence-electron chi connectivity index (χ3n) is 5.34. The van der Waals surface area contributed by atoms with E-state index < -0.39 is 0 Å². The lowest BCUT2D eigenvalue weighted by Gasteiger charge is -2.30. The van der Waals surface area contributed by atoms with Gasteiger partial charge in [0.15, 0.2) is 5.76 Å². The largest absolute Gasteiger partial charge is 0.497 e. The molecule has 0 radical (unpaired) electrons. The Kier molecular flexibility index (Phi) is 4.12. The molecule has 0 spiro atoms. The highest BCUT2D eigenvalue weighted by Crippen LogP contribution is 2.29. The Morgan fingerprint density at radius 1 is 1.04 bits per heavy atom. The van der Waals surface area contributed by atoms with Gasteiger partial charge in [-0.15, -0.1) is 0 Å². The minimum Gasteiger partial charge on any atom is -0.497 e. The van der Waals surface area contributed by atoms with Crippen LogP contribution in [0.2, 0.25) is 0 Å². The lowest BCUT2D eigenvalue weighted by molar-refractivity contribution is 0.0666. The maximum atomic E-state index is 12.8. The number of hydrogen-bond acceptors (Lipinski definition) is 3. The fourth-order valence-electron chi connectivity index (χ4n) is 3.80. The Morgan fingerprint density at radius 3 is 2.60 bits per heavy atom. The number of benzene rings is 2. The minimum atomic E-state index is -0.0234. The number of fused-ring (bicyclic) bond motifs is 2. The number of carbonyl (C=O) groups is 1. The Bertz CT molecular complexity index is 921. The molecule has 1 saturated carbocycles. The van der Waals surface area contributed by atoms with Crippen LogP contribution in [0, 0.1) is 0 Å². The Hall–Kier alpha value is -2.49. The van der Waals surface area contributed by atoms with Crippen LogP contribution in [-0.2, 0) is 0 Å². The summed E-state index contributed by atoms with van der Waals surface area (Å²) in [4.78, 5) is 14.7. The van der Waals surface area contributed by atoms with Crippen LogP contribution in [0.15, 0.2) is 40.8 Å². The molecule has 1 fully saturated rings. The van der Waals surface area contributed by atoms with Crippen LogP contribution in [-0.4, -0.2) is 31.0 Å². The molecule has 1 heterocycles.